The van der Waals surface area contributed by atoms with Gasteiger partial charge in [-0.25, -0.2) is 9.59 Å². The number of carbonyl (C=O) groups excluding carboxylic acids is 3. The lowest BCUT2D eigenvalue weighted by atomic mass is 10.2. The number of hydrogen-bond acceptors (Lipinski definition) is 4. The fourth-order valence-corrected chi connectivity index (χ4v) is 3.04. The number of amides is 3. The normalized spacial score (nSPS) is 16.0. The van der Waals surface area contributed by atoms with Crippen molar-refractivity contribution in [2.75, 3.05) is 23.4 Å². The van der Waals surface area contributed by atoms with Gasteiger partial charge in [0.05, 0.1) is 18.2 Å². The second-order valence-corrected chi connectivity index (χ2v) is 6.64. The highest BCUT2D eigenvalue weighted by Crippen LogP contribution is 2.22. The van der Waals surface area contributed by atoms with E-state index in [4.69, 9.17) is 4.74 Å². The summed E-state index contributed by atoms with van der Waals surface area (Å²) in [4.78, 5) is 37.8. The number of carbonyl (C=O) groups is 3. The van der Waals surface area contributed by atoms with Gasteiger partial charge in [-0.15, -0.1) is 0 Å². The fraction of sp³-hybridized carbons (Fsp3) is 0.286. The Morgan fingerprint density at radius 1 is 1.11 bits per heavy atom. The molecule has 7 nitrogen and oxygen atoms in total. The summed E-state index contributed by atoms with van der Waals surface area (Å²) in [6.07, 6.45) is 0.253. The van der Waals surface area contributed by atoms with Crippen LogP contribution in [0.1, 0.15) is 29.3 Å². The van der Waals surface area contributed by atoms with E-state index in [9.17, 15) is 14.4 Å². The zero-order valence-electron chi connectivity index (χ0n) is 15.9. The van der Waals surface area contributed by atoms with E-state index in [-0.39, 0.29) is 18.4 Å². The molecular formula is C21H23N3O4. The summed E-state index contributed by atoms with van der Waals surface area (Å²) >= 11 is 0. The number of hydrogen-bond donors (Lipinski definition) is 2. The van der Waals surface area contributed by atoms with Gasteiger partial charge in [-0.1, -0.05) is 17.7 Å². The van der Waals surface area contributed by atoms with Crippen LogP contribution in [0.3, 0.4) is 0 Å². The Hall–Kier alpha value is -3.35. The lowest BCUT2D eigenvalue weighted by Gasteiger charge is -2.17. The number of nitrogens with zero attached hydrogens (tertiary/aromatic N) is 1. The average molecular weight is 381 g/mol. The SMILES string of the molecule is CCOC(=O)c1ccc(NC(=O)NC2CC(=O)N(c3ccc(C)cc3)C2)cc1. The molecule has 2 aromatic rings. The topological polar surface area (TPSA) is 87.7 Å². The highest BCUT2D eigenvalue weighted by molar-refractivity contribution is 5.98. The van der Waals surface area contributed by atoms with Crippen molar-refractivity contribution in [3.63, 3.8) is 0 Å². The van der Waals surface area contributed by atoms with Gasteiger partial charge in [-0.2, -0.15) is 0 Å². The van der Waals surface area contributed by atoms with Crippen LogP contribution in [0.2, 0.25) is 0 Å². The third-order valence-corrected chi connectivity index (χ3v) is 4.46. The zero-order chi connectivity index (χ0) is 20.1. The summed E-state index contributed by atoms with van der Waals surface area (Å²) in [5, 5.41) is 5.53. The molecule has 1 atom stereocenters. The number of benzene rings is 2. The van der Waals surface area contributed by atoms with Crippen molar-refractivity contribution in [1.82, 2.24) is 5.32 Å². The van der Waals surface area contributed by atoms with Gasteiger partial charge >= 0.3 is 12.0 Å². The van der Waals surface area contributed by atoms with Gasteiger partial charge in [-0.3, -0.25) is 4.79 Å². The van der Waals surface area contributed by atoms with Crippen molar-refractivity contribution in [2.24, 2.45) is 0 Å². The highest BCUT2D eigenvalue weighted by atomic mass is 16.5. The monoisotopic (exact) mass is 381 g/mol. The second-order valence-electron chi connectivity index (χ2n) is 6.64. The lowest BCUT2D eigenvalue weighted by Crippen LogP contribution is -2.39. The van der Waals surface area contributed by atoms with Crippen molar-refractivity contribution in [3.8, 4) is 0 Å². The van der Waals surface area contributed by atoms with Gasteiger partial charge in [0.25, 0.3) is 0 Å². The minimum absolute atomic E-state index is 0.0204. The van der Waals surface area contributed by atoms with Crippen LogP contribution in [-0.4, -0.2) is 37.1 Å². The van der Waals surface area contributed by atoms with Gasteiger partial charge < -0.3 is 20.3 Å². The third kappa shape index (κ3) is 4.68. The first kappa shape index (κ1) is 19.4. The molecule has 0 bridgehead atoms. The summed E-state index contributed by atoms with van der Waals surface area (Å²) in [5.74, 6) is -0.424. The fourth-order valence-electron chi connectivity index (χ4n) is 3.04. The Morgan fingerprint density at radius 3 is 2.43 bits per heavy atom. The molecular weight excluding hydrogens is 358 g/mol. The molecule has 7 heteroatoms. The Kier molecular flexibility index (Phi) is 5.93. The first-order valence-electron chi connectivity index (χ1n) is 9.18. The van der Waals surface area contributed by atoms with E-state index < -0.39 is 12.0 Å². The zero-order valence-corrected chi connectivity index (χ0v) is 15.9. The Morgan fingerprint density at radius 2 is 1.79 bits per heavy atom. The highest BCUT2D eigenvalue weighted by Gasteiger charge is 2.31. The van der Waals surface area contributed by atoms with Gasteiger partial charge in [0.2, 0.25) is 5.91 Å². The molecule has 0 spiro atoms. The van der Waals surface area contributed by atoms with E-state index in [1.807, 2.05) is 31.2 Å². The van der Waals surface area contributed by atoms with Crippen molar-refractivity contribution in [1.29, 1.82) is 0 Å². The molecule has 2 N–H and O–H groups in total. The predicted molar refractivity (Wildman–Crippen MR) is 106 cm³/mol. The van der Waals surface area contributed by atoms with Gasteiger partial charge in [0.15, 0.2) is 0 Å². The molecule has 0 aliphatic carbocycles. The first-order chi connectivity index (χ1) is 13.5. The number of ether oxygens (including phenoxy) is 1. The molecule has 1 aliphatic rings. The lowest BCUT2D eigenvalue weighted by molar-refractivity contribution is -0.117. The number of nitrogens with one attached hydrogen (secondary N) is 2. The van der Waals surface area contributed by atoms with E-state index in [2.05, 4.69) is 10.6 Å². The van der Waals surface area contributed by atoms with Crippen LogP contribution in [0, 0.1) is 6.92 Å². The van der Waals surface area contributed by atoms with Crippen LogP contribution in [0.4, 0.5) is 16.2 Å². The van der Waals surface area contributed by atoms with Crippen molar-refractivity contribution < 1.29 is 19.1 Å². The Labute approximate surface area is 163 Å². The number of urea groups is 1. The van der Waals surface area contributed by atoms with E-state index in [1.165, 1.54) is 0 Å². The maximum Gasteiger partial charge on any atom is 0.338 e. The Bertz CT molecular complexity index is 862. The van der Waals surface area contributed by atoms with Crippen LogP contribution in [0.5, 0.6) is 0 Å². The van der Waals surface area contributed by atoms with Gasteiger partial charge in [-0.05, 0) is 50.2 Å². The molecule has 28 heavy (non-hydrogen) atoms. The van der Waals surface area contributed by atoms with Gasteiger partial charge in [0.1, 0.15) is 0 Å². The summed E-state index contributed by atoms with van der Waals surface area (Å²) in [7, 11) is 0. The number of esters is 1. The summed E-state index contributed by atoms with van der Waals surface area (Å²) < 4.78 is 4.93. The maximum absolute atomic E-state index is 12.3. The van der Waals surface area contributed by atoms with E-state index in [1.54, 1.807) is 36.1 Å². The molecule has 1 heterocycles. The largest absolute Gasteiger partial charge is 0.462 e. The number of rotatable bonds is 5. The molecule has 0 radical (unpaired) electrons. The smallest absolute Gasteiger partial charge is 0.338 e. The molecule has 1 fully saturated rings. The van der Waals surface area contributed by atoms with Crippen LogP contribution in [0.15, 0.2) is 48.5 Å². The standard InChI is InChI=1S/C21H23N3O4/c1-3-28-20(26)15-6-8-16(9-7-15)22-21(27)23-17-12-19(25)24(13-17)18-10-4-14(2)5-11-18/h4-11,17H,3,12-13H2,1-2H3,(H2,22,23,27). The quantitative estimate of drug-likeness (QED) is 0.779. The molecule has 0 aromatic heterocycles. The van der Waals surface area contributed by atoms with Crippen LogP contribution >= 0.6 is 0 Å². The van der Waals surface area contributed by atoms with Gasteiger partial charge in [0, 0.05) is 24.3 Å². The maximum atomic E-state index is 12.3. The van der Waals surface area contributed by atoms with E-state index in [0.29, 0.717) is 24.4 Å². The Balaban J connectivity index is 1.54. The van der Waals surface area contributed by atoms with E-state index in [0.717, 1.165) is 11.3 Å². The first-order valence-corrected chi connectivity index (χ1v) is 9.18. The van der Waals surface area contributed by atoms with Crippen LogP contribution in [0.25, 0.3) is 0 Å². The molecule has 1 unspecified atom stereocenters. The summed E-state index contributed by atoms with van der Waals surface area (Å²) in [6, 6.07) is 13.5. The second kappa shape index (κ2) is 8.56. The van der Waals surface area contributed by atoms with Crippen molar-refractivity contribution in [2.45, 2.75) is 26.3 Å². The number of aryl methyl sites for hydroxylation is 1. The van der Waals surface area contributed by atoms with E-state index >= 15 is 0 Å². The molecule has 0 saturated carbocycles. The molecule has 3 rings (SSSR count). The third-order valence-electron chi connectivity index (χ3n) is 4.46. The molecule has 3 amide bonds. The minimum Gasteiger partial charge on any atom is -0.462 e. The molecule has 146 valence electrons. The van der Waals surface area contributed by atoms with Crippen LogP contribution in [-0.2, 0) is 9.53 Å². The van der Waals surface area contributed by atoms with Crippen molar-refractivity contribution >= 4 is 29.3 Å². The predicted octanol–water partition coefficient (Wildman–Crippen LogP) is 3.10. The van der Waals surface area contributed by atoms with Crippen LogP contribution < -0.4 is 15.5 Å². The number of anilines is 2. The molecule has 1 aliphatic heterocycles. The molecule has 2 aromatic carbocycles. The average Bonchev–Trinajstić information content (AvgIpc) is 3.03. The minimum atomic E-state index is -0.404. The molecule has 1 saturated heterocycles. The summed E-state index contributed by atoms with van der Waals surface area (Å²) in [5.41, 5.74) is 2.92. The summed E-state index contributed by atoms with van der Waals surface area (Å²) in [6.45, 7) is 4.47. The van der Waals surface area contributed by atoms with Crippen molar-refractivity contribution in [3.05, 3.63) is 59.7 Å².